The third-order valence-electron chi connectivity index (χ3n) is 3.76. The van der Waals surface area contributed by atoms with E-state index >= 15 is 0 Å². The number of hydrogen-bond donors (Lipinski definition) is 1. The molecule has 0 bridgehead atoms. The number of ether oxygens (including phenoxy) is 1. The number of fused-ring (bicyclic) bond motifs is 1. The van der Waals surface area contributed by atoms with E-state index in [4.69, 9.17) is 0 Å². The predicted molar refractivity (Wildman–Crippen MR) is 85.9 cm³/mol. The van der Waals surface area contributed by atoms with Crippen molar-refractivity contribution in [3.05, 3.63) is 39.9 Å². The highest BCUT2D eigenvalue weighted by Crippen LogP contribution is 2.13. The molecule has 1 heterocycles. The number of esters is 1. The highest BCUT2D eigenvalue weighted by Gasteiger charge is 2.06. The van der Waals surface area contributed by atoms with Crippen LogP contribution in [0.3, 0.4) is 0 Å². The molecule has 118 valence electrons. The van der Waals surface area contributed by atoms with Crippen LogP contribution in [0.4, 0.5) is 0 Å². The molecule has 0 aliphatic carbocycles. The van der Waals surface area contributed by atoms with Gasteiger partial charge in [-0.15, -0.1) is 0 Å². The van der Waals surface area contributed by atoms with E-state index in [1.807, 2.05) is 19.1 Å². The van der Waals surface area contributed by atoms with Crippen LogP contribution < -0.4 is 5.56 Å². The van der Waals surface area contributed by atoms with Gasteiger partial charge in [0.05, 0.1) is 18.0 Å². The fraction of sp³-hybridized carbons (Fsp3) is 0.471. The van der Waals surface area contributed by atoms with Crippen molar-refractivity contribution in [3.8, 4) is 0 Å². The summed E-state index contributed by atoms with van der Waals surface area (Å²) < 4.78 is 4.60. The molecule has 2 aromatic rings. The second kappa shape index (κ2) is 7.73. The molecule has 5 nitrogen and oxygen atoms in total. The molecule has 0 fully saturated rings. The maximum absolute atomic E-state index is 12.0. The third kappa shape index (κ3) is 4.16. The summed E-state index contributed by atoms with van der Waals surface area (Å²) in [4.78, 5) is 30.5. The Morgan fingerprint density at radius 1 is 1.23 bits per heavy atom. The van der Waals surface area contributed by atoms with E-state index in [9.17, 15) is 9.59 Å². The number of hydrogen-bond acceptors (Lipinski definition) is 4. The van der Waals surface area contributed by atoms with Gasteiger partial charge in [0.2, 0.25) is 0 Å². The molecule has 0 radical (unpaired) electrons. The topological polar surface area (TPSA) is 72.0 Å². The zero-order valence-electron chi connectivity index (χ0n) is 13.1. The van der Waals surface area contributed by atoms with Crippen molar-refractivity contribution in [1.82, 2.24) is 9.97 Å². The van der Waals surface area contributed by atoms with Gasteiger partial charge in [0, 0.05) is 12.8 Å². The van der Waals surface area contributed by atoms with E-state index in [1.54, 1.807) is 6.07 Å². The van der Waals surface area contributed by atoms with Gasteiger partial charge in [0.1, 0.15) is 5.82 Å². The van der Waals surface area contributed by atoms with Crippen molar-refractivity contribution in [2.24, 2.45) is 0 Å². The van der Waals surface area contributed by atoms with Gasteiger partial charge in [-0.2, -0.15) is 0 Å². The Balaban J connectivity index is 1.89. The monoisotopic (exact) mass is 302 g/mol. The van der Waals surface area contributed by atoms with Gasteiger partial charge in [-0.25, -0.2) is 4.98 Å². The molecule has 0 saturated heterocycles. The van der Waals surface area contributed by atoms with Crippen LogP contribution in [-0.2, 0) is 16.0 Å². The molecule has 5 heteroatoms. The molecule has 0 aliphatic heterocycles. The number of aromatic amines is 1. The Bertz CT molecular complexity index is 707. The minimum atomic E-state index is -0.156. The molecule has 0 saturated carbocycles. The zero-order chi connectivity index (χ0) is 15.9. The average Bonchev–Trinajstić information content (AvgIpc) is 2.51. The van der Waals surface area contributed by atoms with Crippen LogP contribution in [0, 0.1) is 6.92 Å². The zero-order valence-corrected chi connectivity index (χ0v) is 13.1. The minimum Gasteiger partial charge on any atom is -0.469 e. The maximum Gasteiger partial charge on any atom is 0.305 e. The number of H-pyrrole nitrogens is 1. The van der Waals surface area contributed by atoms with Crippen molar-refractivity contribution in [3.63, 3.8) is 0 Å². The predicted octanol–water partition coefficient (Wildman–Crippen LogP) is 2.90. The number of rotatable bonds is 7. The Labute approximate surface area is 129 Å². The number of nitrogens with zero attached hydrogens (tertiary/aromatic N) is 1. The summed E-state index contributed by atoms with van der Waals surface area (Å²) in [6, 6.07) is 5.63. The number of carbonyl (C=O) groups is 1. The second-order valence-corrected chi connectivity index (χ2v) is 5.47. The number of aryl methyl sites for hydroxylation is 2. The lowest BCUT2D eigenvalue weighted by atomic mass is 10.1. The quantitative estimate of drug-likeness (QED) is 0.630. The van der Waals surface area contributed by atoms with Gasteiger partial charge >= 0.3 is 5.97 Å². The molecule has 22 heavy (non-hydrogen) atoms. The number of nitrogens with one attached hydrogen (secondary N) is 1. The largest absolute Gasteiger partial charge is 0.469 e. The van der Waals surface area contributed by atoms with Crippen molar-refractivity contribution in [2.75, 3.05) is 7.11 Å². The first-order valence-electron chi connectivity index (χ1n) is 7.67. The van der Waals surface area contributed by atoms with Crippen LogP contribution in [0.25, 0.3) is 10.9 Å². The van der Waals surface area contributed by atoms with E-state index in [0.717, 1.165) is 49.0 Å². The average molecular weight is 302 g/mol. The summed E-state index contributed by atoms with van der Waals surface area (Å²) in [6.07, 6.45) is 4.99. The Hall–Kier alpha value is -2.17. The van der Waals surface area contributed by atoms with Crippen LogP contribution in [-0.4, -0.2) is 23.0 Å². The van der Waals surface area contributed by atoms with E-state index in [0.29, 0.717) is 11.8 Å². The Kier molecular flexibility index (Phi) is 5.69. The first-order chi connectivity index (χ1) is 10.6. The first kappa shape index (κ1) is 16.2. The number of unbranched alkanes of at least 4 members (excludes halogenated alkanes) is 3. The van der Waals surface area contributed by atoms with E-state index in [2.05, 4.69) is 14.7 Å². The van der Waals surface area contributed by atoms with Crippen molar-refractivity contribution in [2.45, 2.75) is 45.4 Å². The normalized spacial score (nSPS) is 10.8. The Morgan fingerprint density at radius 2 is 2.00 bits per heavy atom. The summed E-state index contributed by atoms with van der Waals surface area (Å²) in [5.41, 5.74) is 1.73. The van der Waals surface area contributed by atoms with Gasteiger partial charge in [-0.1, -0.05) is 25.0 Å². The molecular formula is C17H22N2O3. The molecule has 2 rings (SSSR count). The fourth-order valence-corrected chi connectivity index (χ4v) is 2.49. The minimum absolute atomic E-state index is 0.0746. The van der Waals surface area contributed by atoms with Gasteiger partial charge < -0.3 is 9.72 Å². The summed E-state index contributed by atoms with van der Waals surface area (Å²) in [5, 5.41) is 0.641. The Morgan fingerprint density at radius 3 is 2.77 bits per heavy atom. The van der Waals surface area contributed by atoms with Crippen molar-refractivity contribution >= 4 is 16.9 Å². The summed E-state index contributed by atoms with van der Waals surface area (Å²) >= 11 is 0. The van der Waals surface area contributed by atoms with E-state index in [1.165, 1.54) is 7.11 Å². The fourth-order valence-electron chi connectivity index (χ4n) is 2.49. The molecule has 1 aromatic heterocycles. The lowest BCUT2D eigenvalue weighted by Gasteiger charge is -2.05. The van der Waals surface area contributed by atoms with Crippen LogP contribution in [0.2, 0.25) is 0 Å². The molecule has 1 aromatic carbocycles. The van der Waals surface area contributed by atoms with Crippen molar-refractivity contribution in [1.29, 1.82) is 0 Å². The molecule has 0 unspecified atom stereocenters. The van der Waals surface area contributed by atoms with Gasteiger partial charge in [-0.3, -0.25) is 9.59 Å². The molecule has 0 aliphatic rings. The molecular weight excluding hydrogens is 280 g/mol. The van der Waals surface area contributed by atoms with E-state index in [-0.39, 0.29) is 11.5 Å². The SMILES string of the molecule is COC(=O)CCCCCCc1nc2c(C)cccc2c(=O)[nH]1. The molecule has 1 N–H and O–H groups in total. The standard InChI is InChI=1S/C17H22N2O3/c1-12-8-7-9-13-16(12)18-14(19-17(13)21)10-5-3-4-6-11-15(20)22-2/h7-9H,3-6,10-11H2,1-2H3,(H,18,19,21). The number of para-hydroxylation sites is 1. The lowest BCUT2D eigenvalue weighted by Crippen LogP contribution is -2.12. The molecule has 0 atom stereocenters. The van der Waals surface area contributed by atoms with Crippen molar-refractivity contribution < 1.29 is 9.53 Å². The molecule has 0 amide bonds. The summed E-state index contributed by atoms with van der Waals surface area (Å²) in [7, 11) is 1.41. The summed E-state index contributed by atoms with van der Waals surface area (Å²) in [5.74, 6) is 0.579. The number of carbonyl (C=O) groups excluding carboxylic acids is 1. The van der Waals surface area contributed by atoms with Gasteiger partial charge in [-0.05, 0) is 31.4 Å². The van der Waals surface area contributed by atoms with Crippen LogP contribution in [0.5, 0.6) is 0 Å². The second-order valence-electron chi connectivity index (χ2n) is 5.47. The number of aromatic nitrogens is 2. The smallest absolute Gasteiger partial charge is 0.305 e. The number of benzene rings is 1. The highest BCUT2D eigenvalue weighted by atomic mass is 16.5. The van der Waals surface area contributed by atoms with Crippen LogP contribution in [0.1, 0.15) is 43.5 Å². The van der Waals surface area contributed by atoms with Crippen LogP contribution >= 0.6 is 0 Å². The first-order valence-corrected chi connectivity index (χ1v) is 7.67. The highest BCUT2D eigenvalue weighted by molar-refractivity contribution is 5.80. The maximum atomic E-state index is 12.0. The number of methoxy groups -OCH3 is 1. The van der Waals surface area contributed by atoms with Gasteiger partial charge in [0.25, 0.3) is 5.56 Å². The van der Waals surface area contributed by atoms with Gasteiger partial charge in [0.15, 0.2) is 0 Å². The van der Waals surface area contributed by atoms with Crippen LogP contribution in [0.15, 0.2) is 23.0 Å². The summed E-state index contributed by atoms with van der Waals surface area (Å²) in [6.45, 7) is 1.96. The lowest BCUT2D eigenvalue weighted by molar-refractivity contribution is -0.140. The third-order valence-corrected chi connectivity index (χ3v) is 3.76. The van der Waals surface area contributed by atoms with E-state index < -0.39 is 0 Å². The molecule has 0 spiro atoms.